The first-order chi connectivity index (χ1) is 17.2. The first-order valence-corrected chi connectivity index (χ1v) is 13.9. The van der Waals surface area contributed by atoms with E-state index in [0.717, 1.165) is 35.6 Å². The number of hydrogen-bond donors (Lipinski definition) is 1. The number of nitrogens with one attached hydrogen (secondary N) is 1. The second-order valence-electron chi connectivity index (χ2n) is 8.17. The lowest BCUT2D eigenvalue weighted by molar-refractivity contribution is -0.114. The summed E-state index contributed by atoms with van der Waals surface area (Å²) in [6, 6.07) is 15.2. The maximum Gasteiger partial charge on any atom is 0.257 e. The number of aryl methyl sites for hydroxylation is 1. The second-order valence-corrected chi connectivity index (χ2v) is 10.8. The summed E-state index contributed by atoms with van der Waals surface area (Å²) < 4.78 is 28.0. The molecular formula is C27H27Cl2N3O3S. The monoisotopic (exact) mass is 543 g/mol. The second kappa shape index (κ2) is 12.8. The van der Waals surface area contributed by atoms with Crippen LogP contribution in [0, 0.1) is 18.8 Å². The standard InChI is InChI=1S/C27H27Cl2N3O3S/c1-3-4-8-17-36(34,35)31-26(33)16-15-25-27(29)30-20(2)32(25)19-23-14-13-22(18-24(23)28)12-11-21-9-6-5-7-10-21/h5-7,9-10,13-16,18H,3-4,8,17,19H2,1-2H3,(H,31,33)/b16-15+. The molecule has 0 aliphatic carbocycles. The van der Waals surface area contributed by atoms with Gasteiger partial charge in [-0.25, -0.2) is 18.1 Å². The van der Waals surface area contributed by atoms with Gasteiger partial charge in [0.25, 0.3) is 5.91 Å². The Morgan fingerprint density at radius 1 is 1.08 bits per heavy atom. The van der Waals surface area contributed by atoms with Crippen LogP contribution in [-0.2, 0) is 21.4 Å². The molecule has 3 rings (SSSR count). The lowest BCUT2D eigenvalue weighted by Gasteiger charge is -2.10. The van der Waals surface area contributed by atoms with Crippen LogP contribution in [0.4, 0.5) is 0 Å². The van der Waals surface area contributed by atoms with Crippen molar-refractivity contribution < 1.29 is 13.2 Å². The molecule has 0 fully saturated rings. The van der Waals surface area contributed by atoms with Gasteiger partial charge in [0.1, 0.15) is 5.82 Å². The minimum Gasteiger partial charge on any atom is -0.323 e. The van der Waals surface area contributed by atoms with E-state index in [0.29, 0.717) is 29.5 Å². The summed E-state index contributed by atoms with van der Waals surface area (Å²) in [4.78, 5) is 16.5. The summed E-state index contributed by atoms with van der Waals surface area (Å²) in [5.74, 6) is 6.00. The van der Waals surface area contributed by atoms with Gasteiger partial charge in [-0.2, -0.15) is 0 Å². The predicted molar refractivity (Wildman–Crippen MR) is 145 cm³/mol. The summed E-state index contributed by atoms with van der Waals surface area (Å²) in [5, 5.41) is 0.730. The van der Waals surface area contributed by atoms with Crippen molar-refractivity contribution in [2.45, 2.75) is 39.7 Å². The number of rotatable bonds is 9. The van der Waals surface area contributed by atoms with Gasteiger partial charge in [-0.3, -0.25) is 4.79 Å². The molecule has 1 N–H and O–H groups in total. The molecule has 0 saturated heterocycles. The fourth-order valence-corrected chi connectivity index (χ4v) is 5.02. The number of imidazole rings is 1. The van der Waals surface area contributed by atoms with Crippen LogP contribution in [0.3, 0.4) is 0 Å². The van der Waals surface area contributed by atoms with Crippen molar-refractivity contribution in [3.05, 3.63) is 93.0 Å². The third kappa shape index (κ3) is 7.99. The Morgan fingerprint density at radius 3 is 2.50 bits per heavy atom. The highest BCUT2D eigenvalue weighted by Gasteiger charge is 2.15. The summed E-state index contributed by atoms with van der Waals surface area (Å²) in [6.07, 6.45) is 4.76. The highest BCUT2D eigenvalue weighted by Crippen LogP contribution is 2.24. The van der Waals surface area contributed by atoms with E-state index in [1.165, 1.54) is 6.08 Å². The highest BCUT2D eigenvalue weighted by atomic mass is 35.5. The summed E-state index contributed by atoms with van der Waals surface area (Å²) in [5.41, 5.74) is 2.98. The number of halogens is 2. The number of carbonyl (C=O) groups excluding carboxylic acids is 1. The van der Waals surface area contributed by atoms with E-state index < -0.39 is 15.9 Å². The first kappa shape index (κ1) is 27.5. The van der Waals surface area contributed by atoms with Crippen molar-refractivity contribution in [1.29, 1.82) is 0 Å². The van der Waals surface area contributed by atoms with E-state index in [2.05, 4.69) is 21.5 Å². The maximum absolute atomic E-state index is 12.2. The van der Waals surface area contributed by atoms with Crippen molar-refractivity contribution in [3.8, 4) is 11.8 Å². The Kier molecular flexibility index (Phi) is 9.77. The van der Waals surface area contributed by atoms with Gasteiger partial charge in [-0.1, -0.05) is 79.1 Å². The summed E-state index contributed by atoms with van der Waals surface area (Å²) in [7, 11) is -3.69. The van der Waals surface area contributed by atoms with Crippen molar-refractivity contribution in [1.82, 2.24) is 14.3 Å². The fraction of sp³-hybridized carbons (Fsp3) is 0.259. The SMILES string of the molecule is CCCCCS(=O)(=O)NC(=O)/C=C/c1c(Cl)nc(C)n1Cc1ccc(C#Cc2ccccc2)cc1Cl. The van der Waals surface area contributed by atoms with Gasteiger partial charge in [-0.05, 0) is 49.2 Å². The molecule has 0 spiro atoms. The quantitative estimate of drug-likeness (QED) is 0.216. The molecule has 0 radical (unpaired) electrons. The van der Waals surface area contributed by atoms with E-state index in [9.17, 15) is 13.2 Å². The number of carbonyl (C=O) groups is 1. The van der Waals surface area contributed by atoms with Crippen LogP contribution in [-0.4, -0.2) is 29.6 Å². The maximum atomic E-state index is 12.2. The average Bonchev–Trinajstić information content (AvgIpc) is 3.10. The minimum absolute atomic E-state index is 0.0948. The Morgan fingerprint density at radius 2 is 1.81 bits per heavy atom. The molecule has 1 amide bonds. The third-order valence-electron chi connectivity index (χ3n) is 5.32. The molecule has 0 aliphatic heterocycles. The molecule has 0 aliphatic rings. The zero-order valence-corrected chi connectivity index (χ0v) is 22.4. The fourth-order valence-electron chi connectivity index (χ4n) is 3.43. The van der Waals surface area contributed by atoms with Crippen LogP contribution in [0.2, 0.25) is 10.2 Å². The molecule has 6 nitrogen and oxygen atoms in total. The lowest BCUT2D eigenvalue weighted by Crippen LogP contribution is -2.31. The van der Waals surface area contributed by atoms with E-state index in [4.69, 9.17) is 23.2 Å². The lowest BCUT2D eigenvalue weighted by atomic mass is 10.1. The molecule has 0 saturated carbocycles. The van der Waals surface area contributed by atoms with Gasteiger partial charge in [0, 0.05) is 22.2 Å². The van der Waals surface area contributed by atoms with Crippen molar-refractivity contribution >= 4 is 45.2 Å². The molecule has 3 aromatic rings. The highest BCUT2D eigenvalue weighted by molar-refractivity contribution is 7.90. The zero-order chi connectivity index (χ0) is 26.1. The number of nitrogens with zero attached hydrogens (tertiary/aromatic N) is 2. The van der Waals surface area contributed by atoms with Gasteiger partial charge in [0.15, 0.2) is 5.15 Å². The third-order valence-corrected chi connectivity index (χ3v) is 7.29. The molecule has 0 bridgehead atoms. The predicted octanol–water partition coefficient (Wildman–Crippen LogP) is 5.60. The van der Waals surface area contributed by atoms with Crippen molar-refractivity contribution in [2.75, 3.05) is 5.75 Å². The van der Waals surface area contributed by atoms with Crippen LogP contribution in [0.25, 0.3) is 6.08 Å². The van der Waals surface area contributed by atoms with Gasteiger partial charge >= 0.3 is 0 Å². The van der Waals surface area contributed by atoms with E-state index in [1.54, 1.807) is 17.6 Å². The van der Waals surface area contributed by atoms with E-state index >= 15 is 0 Å². The van der Waals surface area contributed by atoms with Crippen molar-refractivity contribution in [2.24, 2.45) is 0 Å². The number of benzene rings is 2. The largest absolute Gasteiger partial charge is 0.323 e. The number of sulfonamides is 1. The Bertz CT molecular complexity index is 1420. The molecule has 1 heterocycles. The van der Waals surface area contributed by atoms with Crippen LogP contribution < -0.4 is 4.72 Å². The Labute approximate surface area is 222 Å². The molecule has 36 heavy (non-hydrogen) atoms. The summed E-state index contributed by atoms with van der Waals surface area (Å²) >= 11 is 12.8. The Balaban J connectivity index is 1.75. The van der Waals surface area contributed by atoms with Gasteiger partial charge < -0.3 is 4.57 Å². The van der Waals surface area contributed by atoms with Crippen LogP contribution in [0.1, 0.15) is 54.4 Å². The number of unbranched alkanes of at least 4 members (excludes halogenated alkanes) is 2. The molecule has 2 aromatic carbocycles. The van der Waals surface area contributed by atoms with Crippen molar-refractivity contribution in [3.63, 3.8) is 0 Å². The zero-order valence-electron chi connectivity index (χ0n) is 20.1. The smallest absolute Gasteiger partial charge is 0.257 e. The Hall–Kier alpha value is -3.05. The molecular weight excluding hydrogens is 517 g/mol. The normalized spacial score (nSPS) is 11.3. The molecule has 1 aromatic heterocycles. The van der Waals surface area contributed by atoms with E-state index in [1.807, 2.05) is 49.4 Å². The molecule has 0 unspecified atom stereocenters. The van der Waals surface area contributed by atoms with Gasteiger partial charge in [-0.15, -0.1) is 0 Å². The first-order valence-electron chi connectivity index (χ1n) is 11.5. The average molecular weight is 545 g/mol. The molecule has 9 heteroatoms. The molecule has 188 valence electrons. The van der Waals surface area contributed by atoms with Gasteiger partial charge in [0.2, 0.25) is 10.0 Å². The summed E-state index contributed by atoms with van der Waals surface area (Å²) in [6.45, 7) is 4.12. The minimum atomic E-state index is -3.69. The van der Waals surface area contributed by atoms with Gasteiger partial charge in [0.05, 0.1) is 18.0 Å². The number of aromatic nitrogens is 2. The number of hydrogen-bond acceptors (Lipinski definition) is 4. The number of amides is 1. The van der Waals surface area contributed by atoms with Crippen LogP contribution in [0.5, 0.6) is 0 Å². The van der Waals surface area contributed by atoms with Crippen LogP contribution >= 0.6 is 23.2 Å². The topological polar surface area (TPSA) is 81.1 Å². The van der Waals surface area contributed by atoms with Crippen LogP contribution in [0.15, 0.2) is 54.6 Å². The van der Waals surface area contributed by atoms with E-state index in [-0.39, 0.29) is 10.9 Å². The molecule has 0 atom stereocenters.